The third-order valence-electron chi connectivity index (χ3n) is 5.70. The molecule has 1 aromatic carbocycles. The van der Waals surface area contributed by atoms with Crippen molar-refractivity contribution in [2.45, 2.75) is 52.1 Å². The van der Waals surface area contributed by atoms with Crippen molar-refractivity contribution in [3.63, 3.8) is 0 Å². The predicted octanol–water partition coefficient (Wildman–Crippen LogP) is 3.57. The summed E-state index contributed by atoms with van der Waals surface area (Å²) in [5.41, 5.74) is 5.02. The molecule has 2 aliphatic rings. The van der Waals surface area contributed by atoms with Crippen molar-refractivity contribution in [1.82, 2.24) is 9.88 Å². The number of carbonyl (C=O) groups is 1. The lowest BCUT2D eigenvalue weighted by Crippen LogP contribution is -2.45. The van der Waals surface area contributed by atoms with E-state index in [1.807, 2.05) is 17.9 Å². The number of aromatic nitrogens is 1. The van der Waals surface area contributed by atoms with E-state index in [0.29, 0.717) is 19.0 Å². The average Bonchev–Trinajstić information content (AvgIpc) is 3.41. The van der Waals surface area contributed by atoms with Crippen LogP contribution < -0.4 is 0 Å². The van der Waals surface area contributed by atoms with E-state index in [9.17, 15) is 9.90 Å². The molecule has 0 spiro atoms. The summed E-state index contributed by atoms with van der Waals surface area (Å²) in [6.07, 6.45) is 2.74. The van der Waals surface area contributed by atoms with Gasteiger partial charge in [-0.3, -0.25) is 9.78 Å². The van der Waals surface area contributed by atoms with E-state index in [2.05, 4.69) is 26.0 Å². The number of pyridine rings is 1. The van der Waals surface area contributed by atoms with Gasteiger partial charge in [-0.2, -0.15) is 0 Å². The van der Waals surface area contributed by atoms with Crippen molar-refractivity contribution in [1.29, 1.82) is 0 Å². The molecule has 2 fully saturated rings. The fourth-order valence-corrected chi connectivity index (χ4v) is 3.87. The van der Waals surface area contributed by atoms with Crippen LogP contribution in [0.3, 0.4) is 0 Å². The maximum Gasteiger partial charge on any atom is 0.254 e. The Morgan fingerprint density at radius 2 is 1.96 bits per heavy atom. The van der Waals surface area contributed by atoms with E-state index in [1.165, 1.54) is 0 Å². The average molecular weight is 338 g/mol. The Balaban J connectivity index is 1.80. The molecule has 0 bridgehead atoms. The molecule has 1 aliphatic heterocycles. The van der Waals surface area contributed by atoms with Crippen molar-refractivity contribution < 1.29 is 9.90 Å². The van der Waals surface area contributed by atoms with Gasteiger partial charge in [0.15, 0.2) is 0 Å². The van der Waals surface area contributed by atoms with Crippen LogP contribution >= 0.6 is 0 Å². The number of rotatable bonds is 2. The lowest BCUT2D eigenvalue weighted by Gasteiger charge is -2.34. The first-order valence-corrected chi connectivity index (χ1v) is 9.33. The second kappa shape index (κ2) is 6.10. The number of aliphatic hydroxyl groups is 1. The molecule has 4 rings (SSSR count). The van der Waals surface area contributed by atoms with Gasteiger partial charge in [-0.15, -0.1) is 0 Å². The van der Waals surface area contributed by atoms with E-state index in [1.54, 1.807) is 0 Å². The zero-order valence-corrected chi connectivity index (χ0v) is 15.2. The number of β-amino-alcohol motifs (C(OH)–C–C–N with tert-alkyl or cyclic N) is 1. The Hall–Kier alpha value is -1.94. The van der Waals surface area contributed by atoms with Gasteiger partial charge in [-0.25, -0.2) is 0 Å². The smallest absolute Gasteiger partial charge is 0.254 e. The molecule has 1 N–H and O–H groups in total. The molecular weight excluding hydrogens is 312 g/mol. The number of aryl methyl sites for hydroxylation is 2. The van der Waals surface area contributed by atoms with E-state index >= 15 is 0 Å². The van der Waals surface area contributed by atoms with Crippen LogP contribution in [0.15, 0.2) is 18.2 Å². The molecule has 1 amide bonds. The van der Waals surface area contributed by atoms with E-state index in [4.69, 9.17) is 4.98 Å². The van der Waals surface area contributed by atoms with Crippen molar-refractivity contribution in [2.24, 2.45) is 5.92 Å². The van der Waals surface area contributed by atoms with Crippen LogP contribution in [0, 0.1) is 19.8 Å². The van der Waals surface area contributed by atoms with Crippen LogP contribution in [0.4, 0.5) is 0 Å². The highest BCUT2D eigenvalue weighted by molar-refractivity contribution is 6.07. The normalized spacial score (nSPS) is 23.9. The maximum atomic E-state index is 13.3. The van der Waals surface area contributed by atoms with Crippen LogP contribution in [-0.2, 0) is 0 Å². The molecule has 2 atom stereocenters. The monoisotopic (exact) mass is 338 g/mol. The number of aliphatic hydroxyl groups excluding tert-OH is 1. The number of nitrogens with zero attached hydrogens (tertiary/aromatic N) is 2. The number of likely N-dealkylation sites (tertiary alicyclic amines) is 1. The summed E-state index contributed by atoms with van der Waals surface area (Å²) >= 11 is 0. The SMILES string of the molecule is Cc1cc(C)c2nc(C3CC3)cc(C(=O)N3CCC(C)C(O)C3)c2c1. The third-order valence-corrected chi connectivity index (χ3v) is 5.70. The van der Waals surface area contributed by atoms with Crippen LogP contribution in [0.1, 0.15) is 59.3 Å². The van der Waals surface area contributed by atoms with E-state index in [0.717, 1.165) is 52.5 Å². The zero-order valence-electron chi connectivity index (χ0n) is 15.2. The number of carbonyl (C=O) groups excluding carboxylic acids is 1. The van der Waals surface area contributed by atoms with E-state index < -0.39 is 6.10 Å². The minimum Gasteiger partial charge on any atom is -0.391 e. The predicted molar refractivity (Wildman–Crippen MR) is 98.9 cm³/mol. The van der Waals surface area contributed by atoms with Crippen LogP contribution in [0.25, 0.3) is 10.9 Å². The lowest BCUT2D eigenvalue weighted by molar-refractivity contribution is 0.0250. The summed E-state index contributed by atoms with van der Waals surface area (Å²) < 4.78 is 0. The minimum absolute atomic E-state index is 0.0326. The van der Waals surface area contributed by atoms with Crippen LogP contribution in [0.5, 0.6) is 0 Å². The molecule has 1 saturated carbocycles. The zero-order chi connectivity index (χ0) is 17.7. The Bertz CT molecular complexity index is 841. The largest absolute Gasteiger partial charge is 0.391 e. The lowest BCUT2D eigenvalue weighted by atomic mass is 9.94. The molecule has 1 saturated heterocycles. The number of amides is 1. The molecule has 1 aromatic heterocycles. The molecule has 2 heterocycles. The summed E-state index contributed by atoms with van der Waals surface area (Å²) in [6, 6.07) is 6.21. The number of hydrogen-bond acceptors (Lipinski definition) is 3. The molecule has 1 aliphatic carbocycles. The summed E-state index contributed by atoms with van der Waals surface area (Å²) in [7, 11) is 0. The number of benzene rings is 1. The van der Waals surface area contributed by atoms with Gasteiger partial charge < -0.3 is 10.0 Å². The standard InChI is InChI=1S/C21H26N2O2/c1-12-8-14(3)20-16(9-12)17(10-18(22-20)15-4-5-15)21(25)23-7-6-13(2)19(24)11-23/h8-10,13,15,19,24H,4-7,11H2,1-3H3. The van der Waals surface area contributed by atoms with Gasteiger partial charge in [0.25, 0.3) is 5.91 Å². The van der Waals surface area contributed by atoms with Crippen molar-refractivity contribution in [3.8, 4) is 0 Å². The topological polar surface area (TPSA) is 53.4 Å². The van der Waals surface area contributed by atoms with Crippen molar-refractivity contribution >= 4 is 16.8 Å². The van der Waals surface area contributed by atoms with Gasteiger partial charge >= 0.3 is 0 Å². The Labute approximate surface area is 148 Å². The second-order valence-electron chi connectivity index (χ2n) is 7.93. The Kier molecular flexibility index (Phi) is 4.03. The van der Waals surface area contributed by atoms with Crippen LogP contribution in [0.2, 0.25) is 0 Å². The van der Waals surface area contributed by atoms with Crippen LogP contribution in [-0.4, -0.2) is 40.1 Å². The van der Waals surface area contributed by atoms with Gasteiger partial charge in [0.05, 0.1) is 17.2 Å². The molecule has 132 valence electrons. The molecule has 25 heavy (non-hydrogen) atoms. The molecule has 2 unspecified atom stereocenters. The minimum atomic E-state index is -0.433. The number of fused-ring (bicyclic) bond motifs is 1. The fraction of sp³-hybridized carbons (Fsp3) is 0.524. The first-order chi connectivity index (χ1) is 11.9. The highest BCUT2D eigenvalue weighted by Gasteiger charge is 2.31. The van der Waals surface area contributed by atoms with Crippen molar-refractivity contribution in [2.75, 3.05) is 13.1 Å². The molecule has 4 nitrogen and oxygen atoms in total. The fourth-order valence-electron chi connectivity index (χ4n) is 3.87. The van der Waals surface area contributed by atoms with Gasteiger partial charge in [0.2, 0.25) is 0 Å². The third kappa shape index (κ3) is 3.04. The Morgan fingerprint density at radius 1 is 1.20 bits per heavy atom. The van der Waals surface area contributed by atoms with Gasteiger partial charge in [-0.1, -0.05) is 18.6 Å². The highest BCUT2D eigenvalue weighted by atomic mass is 16.3. The van der Waals surface area contributed by atoms with Gasteiger partial charge in [0, 0.05) is 30.1 Å². The van der Waals surface area contributed by atoms with E-state index in [-0.39, 0.29) is 11.8 Å². The molecule has 0 radical (unpaired) electrons. The first kappa shape index (κ1) is 16.5. The van der Waals surface area contributed by atoms with Crippen molar-refractivity contribution in [3.05, 3.63) is 40.6 Å². The molecular formula is C21H26N2O2. The summed E-state index contributed by atoms with van der Waals surface area (Å²) in [5.74, 6) is 0.790. The van der Waals surface area contributed by atoms with Gasteiger partial charge in [-0.05, 0) is 56.7 Å². The summed E-state index contributed by atoms with van der Waals surface area (Å²) in [4.78, 5) is 20.0. The number of piperidine rings is 1. The maximum absolute atomic E-state index is 13.3. The summed E-state index contributed by atoms with van der Waals surface area (Å²) in [6.45, 7) is 7.31. The summed E-state index contributed by atoms with van der Waals surface area (Å²) in [5, 5.41) is 11.1. The quantitative estimate of drug-likeness (QED) is 0.911. The van der Waals surface area contributed by atoms with Gasteiger partial charge in [0.1, 0.15) is 0 Å². The second-order valence-corrected chi connectivity index (χ2v) is 7.93. The molecule has 2 aromatic rings. The first-order valence-electron chi connectivity index (χ1n) is 9.33. The highest BCUT2D eigenvalue weighted by Crippen LogP contribution is 2.41. The number of hydrogen-bond donors (Lipinski definition) is 1. The Morgan fingerprint density at radius 3 is 2.64 bits per heavy atom. The molecule has 4 heteroatoms.